The second-order valence-corrected chi connectivity index (χ2v) is 7.33. The minimum atomic E-state index is -3.28. The normalized spacial score (nSPS) is 22.0. The molecule has 1 aromatic rings. The third-order valence-corrected chi connectivity index (χ3v) is 4.79. The van der Waals surface area contributed by atoms with Crippen LogP contribution in [0.15, 0.2) is 29.2 Å². The Morgan fingerprint density at radius 2 is 1.81 bits per heavy atom. The summed E-state index contributed by atoms with van der Waals surface area (Å²) in [5.74, 6) is -1.54. The van der Waals surface area contributed by atoms with Gasteiger partial charge in [-0.15, -0.1) is 0 Å². The molecule has 1 fully saturated rings. The summed E-state index contributed by atoms with van der Waals surface area (Å²) in [7, 11) is -3.28. The third-order valence-electron chi connectivity index (χ3n) is 3.66. The highest BCUT2D eigenvalue weighted by molar-refractivity contribution is 7.90. The molecular formula is C14H17NO5S. The van der Waals surface area contributed by atoms with E-state index >= 15 is 0 Å². The van der Waals surface area contributed by atoms with Crippen molar-refractivity contribution in [2.24, 2.45) is 5.92 Å². The molecule has 0 heterocycles. The SMILES string of the molecule is CS(=O)(=O)c1ccc(C(=O)N[C@H]2CC[C@@H](C(=O)O)C2)cc1. The van der Waals surface area contributed by atoms with Crippen LogP contribution < -0.4 is 5.32 Å². The highest BCUT2D eigenvalue weighted by Gasteiger charge is 2.30. The third kappa shape index (κ3) is 3.81. The summed E-state index contributed by atoms with van der Waals surface area (Å²) in [6.07, 6.45) is 2.74. The molecule has 0 spiro atoms. The summed E-state index contributed by atoms with van der Waals surface area (Å²) in [5.41, 5.74) is 0.362. The van der Waals surface area contributed by atoms with E-state index in [1.54, 1.807) is 0 Å². The van der Waals surface area contributed by atoms with Crippen molar-refractivity contribution in [1.82, 2.24) is 5.32 Å². The molecule has 1 amide bonds. The number of carbonyl (C=O) groups is 2. The summed E-state index contributed by atoms with van der Waals surface area (Å²) in [5, 5.41) is 11.7. The van der Waals surface area contributed by atoms with Gasteiger partial charge < -0.3 is 10.4 Å². The predicted molar refractivity (Wildman–Crippen MR) is 75.8 cm³/mol. The van der Waals surface area contributed by atoms with E-state index in [4.69, 9.17) is 5.11 Å². The number of sulfone groups is 1. The zero-order valence-corrected chi connectivity index (χ0v) is 12.4. The van der Waals surface area contributed by atoms with E-state index in [9.17, 15) is 18.0 Å². The zero-order chi connectivity index (χ0) is 15.6. The van der Waals surface area contributed by atoms with Crippen molar-refractivity contribution in [2.75, 3.05) is 6.26 Å². The first kappa shape index (κ1) is 15.5. The molecule has 0 aliphatic heterocycles. The topological polar surface area (TPSA) is 101 Å². The van der Waals surface area contributed by atoms with E-state index < -0.39 is 21.7 Å². The lowest BCUT2D eigenvalue weighted by Gasteiger charge is -2.12. The molecule has 1 aliphatic carbocycles. The first-order valence-corrected chi connectivity index (χ1v) is 8.50. The van der Waals surface area contributed by atoms with Crippen LogP contribution in [0.2, 0.25) is 0 Å². The van der Waals surface area contributed by atoms with Gasteiger partial charge in [-0.25, -0.2) is 8.42 Å². The van der Waals surface area contributed by atoms with Crippen LogP contribution in [0.5, 0.6) is 0 Å². The minimum absolute atomic E-state index is 0.145. The second kappa shape index (κ2) is 5.85. The van der Waals surface area contributed by atoms with Gasteiger partial charge >= 0.3 is 5.97 Å². The lowest BCUT2D eigenvalue weighted by Crippen LogP contribution is -2.33. The van der Waals surface area contributed by atoms with Crippen LogP contribution in [0, 0.1) is 5.92 Å². The van der Waals surface area contributed by atoms with Gasteiger partial charge in [-0.05, 0) is 43.5 Å². The Kier molecular flexibility index (Phi) is 4.32. The molecule has 1 saturated carbocycles. The smallest absolute Gasteiger partial charge is 0.306 e. The molecule has 0 radical (unpaired) electrons. The lowest BCUT2D eigenvalue weighted by molar-refractivity contribution is -0.141. The van der Waals surface area contributed by atoms with Crippen LogP contribution in [0.25, 0.3) is 0 Å². The number of hydrogen-bond donors (Lipinski definition) is 2. The van der Waals surface area contributed by atoms with Gasteiger partial charge in [0.1, 0.15) is 0 Å². The number of benzene rings is 1. The van der Waals surface area contributed by atoms with Crippen molar-refractivity contribution in [1.29, 1.82) is 0 Å². The van der Waals surface area contributed by atoms with E-state index in [-0.39, 0.29) is 16.8 Å². The second-order valence-electron chi connectivity index (χ2n) is 5.32. The van der Waals surface area contributed by atoms with Crippen molar-refractivity contribution in [3.63, 3.8) is 0 Å². The van der Waals surface area contributed by atoms with Gasteiger partial charge in [0.15, 0.2) is 9.84 Å². The van der Waals surface area contributed by atoms with E-state index in [1.165, 1.54) is 24.3 Å². The Bertz CT molecular complexity index is 650. The van der Waals surface area contributed by atoms with Crippen LogP contribution in [-0.4, -0.2) is 37.7 Å². The largest absolute Gasteiger partial charge is 0.481 e. The van der Waals surface area contributed by atoms with Crippen LogP contribution >= 0.6 is 0 Å². The van der Waals surface area contributed by atoms with Gasteiger partial charge in [0.05, 0.1) is 10.8 Å². The first-order valence-electron chi connectivity index (χ1n) is 6.61. The fraction of sp³-hybridized carbons (Fsp3) is 0.429. The molecule has 21 heavy (non-hydrogen) atoms. The zero-order valence-electron chi connectivity index (χ0n) is 11.6. The molecule has 1 aliphatic rings. The maximum Gasteiger partial charge on any atom is 0.306 e. The number of hydrogen-bond acceptors (Lipinski definition) is 4. The summed E-state index contributed by atoms with van der Waals surface area (Å²) < 4.78 is 22.7. The minimum Gasteiger partial charge on any atom is -0.481 e. The fourth-order valence-corrected chi connectivity index (χ4v) is 3.09. The van der Waals surface area contributed by atoms with Crippen molar-refractivity contribution in [3.8, 4) is 0 Å². The van der Waals surface area contributed by atoms with Gasteiger partial charge in [-0.1, -0.05) is 0 Å². The van der Waals surface area contributed by atoms with Crippen molar-refractivity contribution >= 4 is 21.7 Å². The number of nitrogens with one attached hydrogen (secondary N) is 1. The summed E-state index contributed by atoms with van der Waals surface area (Å²) in [6.45, 7) is 0. The number of carboxylic acids is 1. The molecular weight excluding hydrogens is 294 g/mol. The molecule has 6 nitrogen and oxygen atoms in total. The van der Waals surface area contributed by atoms with Gasteiger partial charge in [-0.2, -0.15) is 0 Å². The molecule has 0 bridgehead atoms. The Labute approximate surface area is 123 Å². The monoisotopic (exact) mass is 311 g/mol. The Balaban J connectivity index is 2.00. The van der Waals surface area contributed by atoms with Gasteiger partial charge in [0.2, 0.25) is 0 Å². The Hall–Kier alpha value is -1.89. The summed E-state index contributed by atoms with van der Waals surface area (Å²) >= 11 is 0. The summed E-state index contributed by atoms with van der Waals surface area (Å²) in [6, 6.07) is 5.54. The number of carboxylic acid groups (broad SMARTS) is 1. The molecule has 114 valence electrons. The van der Waals surface area contributed by atoms with Crippen molar-refractivity contribution in [2.45, 2.75) is 30.2 Å². The van der Waals surface area contributed by atoms with Gasteiger partial charge in [0, 0.05) is 17.9 Å². The standard InChI is InChI=1S/C14H17NO5S/c1-21(19,20)12-6-3-9(4-7-12)13(16)15-11-5-2-10(8-11)14(17)18/h3-4,6-7,10-11H,2,5,8H2,1H3,(H,15,16)(H,17,18)/t10-,11+/m1/s1. The Morgan fingerprint density at radius 1 is 1.19 bits per heavy atom. The van der Waals surface area contributed by atoms with E-state index in [0.29, 0.717) is 24.8 Å². The van der Waals surface area contributed by atoms with E-state index in [2.05, 4.69) is 5.32 Å². The fourth-order valence-electron chi connectivity index (χ4n) is 2.46. The van der Waals surface area contributed by atoms with E-state index in [1.807, 2.05) is 0 Å². The molecule has 0 aromatic heterocycles. The Morgan fingerprint density at radius 3 is 2.29 bits per heavy atom. The molecule has 0 unspecified atom stereocenters. The number of amides is 1. The van der Waals surface area contributed by atoms with Crippen LogP contribution in [0.1, 0.15) is 29.6 Å². The maximum atomic E-state index is 12.0. The first-order chi connectivity index (χ1) is 9.77. The summed E-state index contributed by atoms with van der Waals surface area (Å²) in [4.78, 5) is 23.1. The quantitative estimate of drug-likeness (QED) is 0.866. The highest BCUT2D eigenvalue weighted by Crippen LogP contribution is 2.25. The average Bonchev–Trinajstić information content (AvgIpc) is 2.86. The molecule has 2 atom stereocenters. The molecule has 7 heteroatoms. The van der Waals surface area contributed by atoms with Gasteiger partial charge in [-0.3, -0.25) is 9.59 Å². The molecule has 2 rings (SSSR count). The lowest BCUT2D eigenvalue weighted by atomic mass is 10.1. The molecule has 0 saturated heterocycles. The number of aliphatic carboxylic acids is 1. The highest BCUT2D eigenvalue weighted by atomic mass is 32.2. The predicted octanol–water partition coefficient (Wildman–Crippen LogP) is 1.07. The maximum absolute atomic E-state index is 12.0. The number of rotatable bonds is 4. The number of carbonyl (C=O) groups excluding carboxylic acids is 1. The van der Waals surface area contributed by atoms with Crippen LogP contribution in [0.3, 0.4) is 0 Å². The van der Waals surface area contributed by atoms with Crippen LogP contribution in [-0.2, 0) is 14.6 Å². The molecule has 1 aromatic carbocycles. The molecule has 2 N–H and O–H groups in total. The van der Waals surface area contributed by atoms with Crippen molar-refractivity contribution < 1.29 is 23.1 Å². The van der Waals surface area contributed by atoms with Crippen LogP contribution in [0.4, 0.5) is 0 Å². The average molecular weight is 311 g/mol. The van der Waals surface area contributed by atoms with Crippen molar-refractivity contribution in [3.05, 3.63) is 29.8 Å². The van der Waals surface area contributed by atoms with E-state index in [0.717, 1.165) is 6.26 Å². The van der Waals surface area contributed by atoms with Gasteiger partial charge in [0.25, 0.3) is 5.91 Å².